The highest BCUT2D eigenvalue weighted by Gasteiger charge is 2.33. The van der Waals surface area contributed by atoms with E-state index in [1.54, 1.807) is 6.07 Å². The van der Waals surface area contributed by atoms with E-state index < -0.39 is 0 Å². The van der Waals surface area contributed by atoms with Crippen molar-refractivity contribution in [3.8, 4) is 0 Å². The van der Waals surface area contributed by atoms with Crippen molar-refractivity contribution in [3.05, 3.63) is 52.4 Å². The molecule has 1 aromatic carbocycles. The summed E-state index contributed by atoms with van der Waals surface area (Å²) in [6.07, 6.45) is 2.27. The van der Waals surface area contributed by atoms with Crippen LogP contribution in [-0.4, -0.2) is 11.2 Å². The number of urea groups is 1. The lowest BCUT2D eigenvalue weighted by Gasteiger charge is -2.19. The predicted molar refractivity (Wildman–Crippen MR) is 83.5 cm³/mol. The summed E-state index contributed by atoms with van der Waals surface area (Å²) in [4.78, 5) is 12.1. The van der Waals surface area contributed by atoms with Gasteiger partial charge < -0.3 is 15.2 Å². The van der Waals surface area contributed by atoms with Gasteiger partial charge in [0.25, 0.3) is 0 Å². The van der Waals surface area contributed by atoms with E-state index in [9.17, 15) is 4.79 Å². The first-order chi connectivity index (χ1) is 10.6. The molecule has 1 atom stereocenters. The standard InChI is InChI=1S/C16H18ClN3O2/c1-10-8-14(20-22-10)9-18-16(21)19-15(11-2-3-11)12-4-6-13(17)7-5-12/h4-8,11,15H,2-3,9H2,1H3,(H2,18,19,21)/t15-/m0/s1. The third kappa shape index (κ3) is 3.80. The first-order valence-electron chi connectivity index (χ1n) is 7.34. The van der Waals surface area contributed by atoms with Crippen molar-refractivity contribution >= 4 is 17.6 Å². The molecular formula is C16H18ClN3O2. The van der Waals surface area contributed by atoms with Crippen LogP contribution in [0.25, 0.3) is 0 Å². The van der Waals surface area contributed by atoms with Crippen molar-refractivity contribution in [1.29, 1.82) is 0 Å². The molecule has 1 aliphatic rings. The van der Waals surface area contributed by atoms with E-state index in [2.05, 4.69) is 15.8 Å². The topological polar surface area (TPSA) is 67.2 Å². The van der Waals surface area contributed by atoms with Gasteiger partial charge in [0.1, 0.15) is 11.5 Å². The largest absolute Gasteiger partial charge is 0.361 e. The first kappa shape index (κ1) is 14.9. The van der Waals surface area contributed by atoms with Crippen molar-refractivity contribution in [1.82, 2.24) is 15.8 Å². The van der Waals surface area contributed by atoms with Crippen LogP contribution >= 0.6 is 11.6 Å². The van der Waals surface area contributed by atoms with Crippen LogP contribution in [0.3, 0.4) is 0 Å². The molecular weight excluding hydrogens is 302 g/mol. The summed E-state index contributed by atoms with van der Waals surface area (Å²) in [6.45, 7) is 2.17. The van der Waals surface area contributed by atoms with Crippen LogP contribution in [0, 0.1) is 12.8 Å². The lowest BCUT2D eigenvalue weighted by molar-refractivity contribution is 0.235. The number of aryl methyl sites for hydroxylation is 1. The maximum absolute atomic E-state index is 12.1. The van der Waals surface area contributed by atoms with Gasteiger partial charge in [-0.1, -0.05) is 28.9 Å². The fraction of sp³-hybridized carbons (Fsp3) is 0.375. The summed E-state index contributed by atoms with van der Waals surface area (Å²) < 4.78 is 4.97. The Morgan fingerprint density at radius 3 is 2.73 bits per heavy atom. The molecule has 1 fully saturated rings. The quantitative estimate of drug-likeness (QED) is 0.885. The summed E-state index contributed by atoms with van der Waals surface area (Å²) in [5.41, 5.74) is 1.79. The summed E-state index contributed by atoms with van der Waals surface area (Å²) in [7, 11) is 0. The van der Waals surface area contributed by atoms with Crippen LogP contribution < -0.4 is 10.6 Å². The van der Waals surface area contributed by atoms with Gasteiger partial charge in [0.05, 0.1) is 12.6 Å². The van der Waals surface area contributed by atoms with Gasteiger partial charge >= 0.3 is 6.03 Å². The molecule has 2 aromatic rings. The Balaban J connectivity index is 1.59. The Morgan fingerprint density at radius 1 is 1.41 bits per heavy atom. The minimum Gasteiger partial charge on any atom is -0.361 e. The molecule has 1 heterocycles. The minimum atomic E-state index is -0.201. The fourth-order valence-corrected chi connectivity index (χ4v) is 2.56. The van der Waals surface area contributed by atoms with Gasteiger partial charge in [0, 0.05) is 11.1 Å². The molecule has 0 spiro atoms. The normalized spacial score (nSPS) is 15.4. The number of nitrogens with zero attached hydrogens (tertiary/aromatic N) is 1. The fourth-order valence-electron chi connectivity index (χ4n) is 2.44. The number of benzene rings is 1. The Kier molecular flexibility index (Phi) is 4.34. The third-order valence-corrected chi connectivity index (χ3v) is 3.97. The lowest BCUT2D eigenvalue weighted by atomic mass is 10.0. The van der Waals surface area contributed by atoms with Crippen molar-refractivity contribution < 1.29 is 9.32 Å². The second kappa shape index (κ2) is 6.40. The molecule has 1 saturated carbocycles. The Morgan fingerprint density at radius 2 is 2.14 bits per heavy atom. The zero-order valence-electron chi connectivity index (χ0n) is 12.3. The molecule has 1 aromatic heterocycles. The molecule has 116 valence electrons. The number of carbonyl (C=O) groups is 1. The van der Waals surface area contributed by atoms with Crippen molar-refractivity contribution in [2.75, 3.05) is 0 Å². The highest BCUT2D eigenvalue weighted by atomic mass is 35.5. The molecule has 5 nitrogen and oxygen atoms in total. The minimum absolute atomic E-state index is 0.0244. The number of nitrogens with one attached hydrogen (secondary N) is 2. The van der Waals surface area contributed by atoms with E-state index in [4.69, 9.17) is 16.1 Å². The van der Waals surface area contributed by atoms with Gasteiger partial charge in [-0.25, -0.2) is 4.79 Å². The molecule has 22 heavy (non-hydrogen) atoms. The molecule has 1 aliphatic carbocycles. The van der Waals surface area contributed by atoms with Gasteiger partial charge in [0.15, 0.2) is 0 Å². The predicted octanol–water partition coefficient (Wildman–Crippen LogP) is 3.59. The summed E-state index contributed by atoms with van der Waals surface area (Å²) in [5, 5.41) is 10.4. The molecule has 6 heteroatoms. The molecule has 0 saturated heterocycles. The molecule has 0 aliphatic heterocycles. The number of aromatic nitrogens is 1. The Labute approximate surface area is 134 Å². The van der Waals surface area contributed by atoms with Crippen molar-refractivity contribution in [3.63, 3.8) is 0 Å². The summed E-state index contributed by atoms with van der Waals surface area (Å²) in [6, 6.07) is 9.26. The van der Waals surface area contributed by atoms with E-state index in [-0.39, 0.29) is 12.1 Å². The van der Waals surface area contributed by atoms with Crippen LogP contribution in [-0.2, 0) is 6.54 Å². The lowest BCUT2D eigenvalue weighted by Crippen LogP contribution is -2.38. The third-order valence-electron chi connectivity index (χ3n) is 3.72. The number of halogens is 1. The van der Waals surface area contributed by atoms with Crippen LogP contribution in [0.5, 0.6) is 0 Å². The second-order valence-electron chi connectivity index (χ2n) is 5.62. The summed E-state index contributed by atoms with van der Waals surface area (Å²) in [5.74, 6) is 1.23. The monoisotopic (exact) mass is 319 g/mol. The number of amides is 2. The van der Waals surface area contributed by atoms with Gasteiger partial charge in [-0.15, -0.1) is 0 Å². The number of hydrogen-bond donors (Lipinski definition) is 2. The van der Waals surface area contributed by atoms with E-state index >= 15 is 0 Å². The van der Waals surface area contributed by atoms with Gasteiger partial charge in [-0.05, 0) is 43.4 Å². The van der Waals surface area contributed by atoms with E-state index in [0.717, 1.165) is 24.2 Å². The number of hydrogen-bond acceptors (Lipinski definition) is 3. The molecule has 0 radical (unpaired) electrons. The Bertz CT molecular complexity index is 650. The molecule has 3 rings (SSSR count). The molecule has 0 unspecified atom stereocenters. The number of carbonyl (C=O) groups excluding carboxylic acids is 1. The van der Waals surface area contributed by atoms with Crippen molar-refractivity contribution in [2.24, 2.45) is 5.92 Å². The zero-order chi connectivity index (χ0) is 15.5. The van der Waals surface area contributed by atoms with Crippen LogP contribution in [0.4, 0.5) is 4.79 Å². The zero-order valence-corrected chi connectivity index (χ0v) is 13.1. The van der Waals surface area contributed by atoms with Crippen LogP contribution in [0.1, 0.15) is 35.9 Å². The molecule has 2 amide bonds. The first-order valence-corrected chi connectivity index (χ1v) is 7.71. The molecule has 2 N–H and O–H groups in total. The molecule has 0 bridgehead atoms. The second-order valence-corrected chi connectivity index (χ2v) is 6.06. The van der Waals surface area contributed by atoms with Gasteiger partial charge in [-0.3, -0.25) is 0 Å². The average Bonchev–Trinajstić information content (AvgIpc) is 3.26. The average molecular weight is 320 g/mol. The number of rotatable bonds is 5. The highest BCUT2D eigenvalue weighted by molar-refractivity contribution is 6.30. The van der Waals surface area contributed by atoms with Crippen LogP contribution in [0.2, 0.25) is 5.02 Å². The van der Waals surface area contributed by atoms with Gasteiger partial charge in [0.2, 0.25) is 0 Å². The maximum atomic E-state index is 12.1. The van der Waals surface area contributed by atoms with Crippen molar-refractivity contribution in [2.45, 2.75) is 32.4 Å². The van der Waals surface area contributed by atoms with E-state index in [1.165, 1.54) is 0 Å². The summed E-state index contributed by atoms with van der Waals surface area (Å²) >= 11 is 5.92. The van der Waals surface area contributed by atoms with E-state index in [0.29, 0.717) is 23.2 Å². The smallest absolute Gasteiger partial charge is 0.315 e. The van der Waals surface area contributed by atoms with Crippen LogP contribution in [0.15, 0.2) is 34.9 Å². The maximum Gasteiger partial charge on any atom is 0.315 e. The van der Waals surface area contributed by atoms with E-state index in [1.807, 2.05) is 31.2 Å². The highest BCUT2D eigenvalue weighted by Crippen LogP contribution is 2.41. The van der Waals surface area contributed by atoms with Gasteiger partial charge in [-0.2, -0.15) is 0 Å². The SMILES string of the molecule is Cc1cc(CNC(=O)N[C@H](c2ccc(Cl)cc2)C2CC2)no1. The Hall–Kier alpha value is -2.01.